The van der Waals surface area contributed by atoms with Crippen LogP contribution in [0.5, 0.6) is 0 Å². The van der Waals surface area contributed by atoms with Gasteiger partial charge in [0.15, 0.2) is 0 Å². The van der Waals surface area contributed by atoms with Crippen molar-refractivity contribution in [2.75, 3.05) is 0 Å². The lowest BCUT2D eigenvalue weighted by atomic mass is 10.0. The lowest BCUT2D eigenvalue weighted by Gasteiger charge is -2.09. The van der Waals surface area contributed by atoms with Crippen LogP contribution in [-0.2, 0) is 0 Å². The highest BCUT2D eigenvalue weighted by atomic mass is 35.5. The van der Waals surface area contributed by atoms with Crippen molar-refractivity contribution in [1.82, 2.24) is 10.9 Å². The van der Waals surface area contributed by atoms with Crippen molar-refractivity contribution in [3.63, 3.8) is 0 Å². The van der Waals surface area contributed by atoms with Gasteiger partial charge in [-0.15, -0.1) is 0 Å². The SMILES string of the molecule is O=C(NNC(=O)c1cc(Cl)ccc1Cl)c1ccc(-c2ccccc2)cc1. The average Bonchev–Trinajstić information content (AvgIpc) is 2.68. The zero-order chi connectivity index (χ0) is 18.5. The molecule has 0 saturated heterocycles. The van der Waals surface area contributed by atoms with Crippen LogP contribution in [0, 0.1) is 0 Å². The molecule has 6 heteroatoms. The second-order valence-electron chi connectivity index (χ2n) is 5.48. The summed E-state index contributed by atoms with van der Waals surface area (Å²) in [5.74, 6) is -0.983. The van der Waals surface area contributed by atoms with Crippen LogP contribution in [0.25, 0.3) is 11.1 Å². The Bertz CT molecular complexity index is 942. The van der Waals surface area contributed by atoms with Crippen molar-refractivity contribution in [2.24, 2.45) is 0 Å². The fourth-order valence-electron chi connectivity index (χ4n) is 2.37. The number of nitrogens with one attached hydrogen (secondary N) is 2. The minimum atomic E-state index is -0.549. The summed E-state index contributed by atoms with van der Waals surface area (Å²) < 4.78 is 0. The van der Waals surface area contributed by atoms with E-state index in [9.17, 15) is 9.59 Å². The Balaban J connectivity index is 1.65. The third-order valence-corrected chi connectivity index (χ3v) is 4.28. The molecule has 0 spiro atoms. The molecule has 0 unspecified atom stereocenters. The highest BCUT2D eigenvalue weighted by Crippen LogP contribution is 2.21. The van der Waals surface area contributed by atoms with E-state index in [-0.39, 0.29) is 10.6 Å². The highest BCUT2D eigenvalue weighted by Gasteiger charge is 2.13. The van der Waals surface area contributed by atoms with E-state index in [1.807, 2.05) is 42.5 Å². The molecule has 0 aliphatic heterocycles. The summed E-state index contributed by atoms with van der Waals surface area (Å²) in [6.07, 6.45) is 0. The number of amides is 2. The molecule has 0 atom stereocenters. The van der Waals surface area contributed by atoms with Crippen molar-refractivity contribution in [2.45, 2.75) is 0 Å². The van der Waals surface area contributed by atoms with Gasteiger partial charge in [0.1, 0.15) is 0 Å². The van der Waals surface area contributed by atoms with Crippen molar-refractivity contribution in [3.05, 3.63) is 94.0 Å². The normalized spacial score (nSPS) is 10.2. The maximum atomic E-state index is 12.2. The zero-order valence-electron chi connectivity index (χ0n) is 13.5. The lowest BCUT2D eigenvalue weighted by Crippen LogP contribution is -2.41. The summed E-state index contributed by atoms with van der Waals surface area (Å²) in [6, 6.07) is 21.4. The summed E-state index contributed by atoms with van der Waals surface area (Å²) in [4.78, 5) is 24.3. The van der Waals surface area contributed by atoms with Gasteiger partial charge in [-0.1, -0.05) is 65.7 Å². The highest BCUT2D eigenvalue weighted by molar-refractivity contribution is 6.35. The Labute approximate surface area is 160 Å². The van der Waals surface area contributed by atoms with Crippen LogP contribution in [0.4, 0.5) is 0 Å². The standard InChI is InChI=1S/C20H14Cl2N2O2/c21-16-10-11-18(22)17(12-16)20(26)24-23-19(25)15-8-6-14(7-9-15)13-4-2-1-3-5-13/h1-12H,(H,23,25)(H,24,26). The zero-order valence-corrected chi connectivity index (χ0v) is 15.0. The molecule has 26 heavy (non-hydrogen) atoms. The number of carbonyl (C=O) groups excluding carboxylic acids is 2. The van der Waals surface area contributed by atoms with E-state index < -0.39 is 11.8 Å². The fraction of sp³-hybridized carbons (Fsp3) is 0. The van der Waals surface area contributed by atoms with E-state index in [1.54, 1.807) is 18.2 Å². The molecule has 3 aromatic rings. The van der Waals surface area contributed by atoms with E-state index in [0.29, 0.717) is 10.6 Å². The van der Waals surface area contributed by atoms with Crippen LogP contribution >= 0.6 is 23.2 Å². The molecule has 130 valence electrons. The number of hydrogen-bond donors (Lipinski definition) is 2. The van der Waals surface area contributed by atoms with Gasteiger partial charge in [0.2, 0.25) is 0 Å². The number of hydrogen-bond acceptors (Lipinski definition) is 2. The van der Waals surface area contributed by atoms with Crippen molar-refractivity contribution < 1.29 is 9.59 Å². The molecular formula is C20H14Cl2N2O2. The number of carbonyl (C=O) groups is 2. The second-order valence-corrected chi connectivity index (χ2v) is 6.32. The predicted molar refractivity (Wildman–Crippen MR) is 103 cm³/mol. The Kier molecular flexibility index (Phi) is 5.56. The number of benzene rings is 3. The van der Waals surface area contributed by atoms with Gasteiger partial charge in [-0.05, 0) is 41.5 Å². The van der Waals surface area contributed by atoms with Gasteiger partial charge in [-0.25, -0.2) is 0 Å². The van der Waals surface area contributed by atoms with Crippen molar-refractivity contribution >= 4 is 35.0 Å². The molecule has 0 aliphatic carbocycles. The molecule has 4 nitrogen and oxygen atoms in total. The van der Waals surface area contributed by atoms with E-state index in [1.165, 1.54) is 12.1 Å². The van der Waals surface area contributed by atoms with E-state index in [0.717, 1.165) is 11.1 Å². The first kappa shape index (κ1) is 18.0. The van der Waals surface area contributed by atoms with Crippen molar-refractivity contribution in [3.8, 4) is 11.1 Å². The molecule has 0 fully saturated rings. The van der Waals surface area contributed by atoms with Gasteiger partial charge in [0, 0.05) is 10.6 Å². The van der Waals surface area contributed by atoms with Gasteiger partial charge in [-0.3, -0.25) is 20.4 Å². The molecule has 3 rings (SSSR count). The van der Waals surface area contributed by atoms with E-state index in [4.69, 9.17) is 23.2 Å². The van der Waals surface area contributed by atoms with E-state index in [2.05, 4.69) is 10.9 Å². The third kappa shape index (κ3) is 4.23. The van der Waals surface area contributed by atoms with Crippen LogP contribution in [0.3, 0.4) is 0 Å². The average molecular weight is 385 g/mol. The van der Waals surface area contributed by atoms with Gasteiger partial charge in [-0.2, -0.15) is 0 Å². The molecule has 0 aliphatic rings. The molecule has 0 radical (unpaired) electrons. The van der Waals surface area contributed by atoms with Crippen LogP contribution in [-0.4, -0.2) is 11.8 Å². The van der Waals surface area contributed by atoms with Crippen LogP contribution in [0.15, 0.2) is 72.8 Å². The number of hydrazine groups is 1. The van der Waals surface area contributed by atoms with E-state index >= 15 is 0 Å². The van der Waals surface area contributed by atoms with Crippen LogP contribution in [0.1, 0.15) is 20.7 Å². The maximum Gasteiger partial charge on any atom is 0.271 e. The molecule has 3 aromatic carbocycles. The van der Waals surface area contributed by atoms with Crippen LogP contribution < -0.4 is 10.9 Å². The number of halogens is 2. The Morgan fingerprint density at radius 3 is 2.00 bits per heavy atom. The Morgan fingerprint density at radius 1 is 0.692 bits per heavy atom. The molecule has 0 aromatic heterocycles. The fourth-order valence-corrected chi connectivity index (χ4v) is 2.74. The first-order chi connectivity index (χ1) is 12.5. The maximum absolute atomic E-state index is 12.2. The Morgan fingerprint density at radius 2 is 1.31 bits per heavy atom. The smallest absolute Gasteiger partial charge is 0.267 e. The largest absolute Gasteiger partial charge is 0.271 e. The van der Waals surface area contributed by atoms with Gasteiger partial charge < -0.3 is 0 Å². The minimum absolute atomic E-state index is 0.180. The molecule has 0 bridgehead atoms. The lowest BCUT2D eigenvalue weighted by molar-refractivity contribution is 0.0847. The van der Waals surface area contributed by atoms with Crippen LogP contribution in [0.2, 0.25) is 10.0 Å². The van der Waals surface area contributed by atoms with Crippen molar-refractivity contribution in [1.29, 1.82) is 0 Å². The topological polar surface area (TPSA) is 58.2 Å². The summed E-state index contributed by atoms with van der Waals surface area (Å²) >= 11 is 11.8. The molecule has 2 amide bonds. The Hall–Kier alpha value is -2.82. The minimum Gasteiger partial charge on any atom is -0.267 e. The molecule has 0 saturated carbocycles. The summed E-state index contributed by atoms with van der Waals surface area (Å²) in [7, 11) is 0. The third-order valence-electron chi connectivity index (χ3n) is 3.72. The first-order valence-corrected chi connectivity index (χ1v) is 8.51. The second kappa shape index (κ2) is 8.04. The predicted octanol–water partition coefficient (Wildman–Crippen LogP) is 4.74. The monoisotopic (exact) mass is 384 g/mol. The molecule has 0 heterocycles. The summed E-state index contributed by atoms with van der Waals surface area (Å²) in [5.41, 5.74) is 7.35. The quantitative estimate of drug-likeness (QED) is 0.640. The van der Waals surface area contributed by atoms with Gasteiger partial charge in [0.25, 0.3) is 11.8 Å². The summed E-state index contributed by atoms with van der Waals surface area (Å²) in [5, 5.41) is 0.621. The molecular weight excluding hydrogens is 371 g/mol. The summed E-state index contributed by atoms with van der Waals surface area (Å²) in [6.45, 7) is 0. The molecule has 2 N–H and O–H groups in total. The first-order valence-electron chi connectivity index (χ1n) is 7.76. The number of rotatable bonds is 3. The van der Waals surface area contributed by atoms with Gasteiger partial charge >= 0.3 is 0 Å². The van der Waals surface area contributed by atoms with Gasteiger partial charge in [0.05, 0.1) is 10.6 Å².